The lowest BCUT2D eigenvalue weighted by atomic mass is 10.1. The summed E-state index contributed by atoms with van der Waals surface area (Å²) in [5.41, 5.74) is 8.88. The fraction of sp³-hybridized carbons (Fsp3) is 0.471. The van der Waals surface area contributed by atoms with Gasteiger partial charge in [0.25, 0.3) is 0 Å². The Bertz CT molecular complexity index is 452. The van der Waals surface area contributed by atoms with Gasteiger partial charge in [-0.05, 0) is 61.7 Å². The van der Waals surface area contributed by atoms with E-state index >= 15 is 0 Å². The molecule has 0 radical (unpaired) electrons. The van der Waals surface area contributed by atoms with Gasteiger partial charge in [-0.25, -0.2) is 4.98 Å². The highest BCUT2D eigenvalue weighted by atomic mass is 15.2. The summed E-state index contributed by atoms with van der Waals surface area (Å²) in [7, 11) is 0. The summed E-state index contributed by atoms with van der Waals surface area (Å²) in [4.78, 5) is 6.95. The highest BCUT2D eigenvalue weighted by Crippen LogP contribution is 2.18. The lowest BCUT2D eigenvalue weighted by molar-refractivity contribution is 0.734. The van der Waals surface area contributed by atoms with E-state index in [-0.39, 0.29) is 0 Å². The summed E-state index contributed by atoms with van der Waals surface area (Å²) >= 11 is 0. The zero-order valence-corrected chi connectivity index (χ0v) is 13.2. The SMILES string of the molecule is CCCN(CCC)c1ccc(/C(C)=C\C(C)=C\N)cn1. The van der Waals surface area contributed by atoms with Crippen molar-refractivity contribution in [2.45, 2.75) is 40.5 Å². The van der Waals surface area contributed by atoms with Crippen LogP contribution < -0.4 is 10.6 Å². The summed E-state index contributed by atoms with van der Waals surface area (Å²) in [6.07, 6.45) is 7.93. The predicted molar refractivity (Wildman–Crippen MR) is 88.6 cm³/mol. The number of rotatable bonds is 7. The van der Waals surface area contributed by atoms with Crippen molar-refractivity contribution in [3.63, 3.8) is 0 Å². The maximum atomic E-state index is 5.50. The minimum absolute atomic E-state index is 1.06. The molecule has 2 N–H and O–H groups in total. The fourth-order valence-corrected chi connectivity index (χ4v) is 2.16. The van der Waals surface area contributed by atoms with Gasteiger partial charge in [-0.3, -0.25) is 0 Å². The van der Waals surface area contributed by atoms with E-state index in [0.29, 0.717) is 0 Å². The van der Waals surface area contributed by atoms with Gasteiger partial charge in [0.1, 0.15) is 5.82 Å². The minimum Gasteiger partial charge on any atom is -0.404 e. The van der Waals surface area contributed by atoms with Crippen molar-refractivity contribution >= 4 is 11.4 Å². The Morgan fingerprint density at radius 2 is 1.85 bits per heavy atom. The number of pyridine rings is 1. The lowest BCUT2D eigenvalue weighted by Crippen LogP contribution is -2.25. The Balaban J connectivity index is 2.89. The molecular formula is C17H27N3. The van der Waals surface area contributed by atoms with Crippen LogP contribution in [0.25, 0.3) is 5.57 Å². The number of aromatic nitrogens is 1. The summed E-state index contributed by atoms with van der Waals surface area (Å²) in [5, 5.41) is 0. The highest BCUT2D eigenvalue weighted by molar-refractivity contribution is 5.66. The molecule has 0 amide bonds. The molecule has 3 nitrogen and oxygen atoms in total. The first-order valence-electron chi connectivity index (χ1n) is 7.40. The molecule has 0 atom stereocenters. The number of hydrogen-bond donors (Lipinski definition) is 1. The van der Waals surface area contributed by atoms with Crippen molar-refractivity contribution < 1.29 is 0 Å². The largest absolute Gasteiger partial charge is 0.404 e. The highest BCUT2D eigenvalue weighted by Gasteiger charge is 2.06. The number of nitrogens with two attached hydrogens (primary N) is 1. The summed E-state index contributed by atoms with van der Waals surface area (Å²) in [6, 6.07) is 4.25. The quantitative estimate of drug-likeness (QED) is 0.764. The van der Waals surface area contributed by atoms with Gasteiger partial charge in [0.15, 0.2) is 0 Å². The van der Waals surface area contributed by atoms with Crippen molar-refractivity contribution in [3.8, 4) is 0 Å². The molecular weight excluding hydrogens is 246 g/mol. The average Bonchev–Trinajstić information content (AvgIpc) is 2.47. The molecule has 1 heterocycles. The van der Waals surface area contributed by atoms with Crippen molar-refractivity contribution in [1.29, 1.82) is 0 Å². The van der Waals surface area contributed by atoms with E-state index in [9.17, 15) is 0 Å². The van der Waals surface area contributed by atoms with Crippen LogP contribution in [0.2, 0.25) is 0 Å². The van der Waals surface area contributed by atoms with Gasteiger partial charge in [0, 0.05) is 19.3 Å². The fourth-order valence-electron chi connectivity index (χ4n) is 2.16. The standard InChI is InChI=1S/C17H27N3/c1-5-9-20(10-6-2)17-8-7-16(13-19-17)15(4)11-14(3)12-18/h7-8,11-13H,5-6,9-10,18H2,1-4H3/b14-12+,15-11-. The normalized spacial score (nSPS) is 12.6. The van der Waals surface area contributed by atoms with E-state index in [1.165, 1.54) is 5.57 Å². The molecule has 0 saturated heterocycles. The first-order valence-corrected chi connectivity index (χ1v) is 7.40. The molecule has 0 aromatic carbocycles. The van der Waals surface area contributed by atoms with Crippen molar-refractivity contribution in [3.05, 3.63) is 41.7 Å². The molecule has 0 fully saturated rings. The molecule has 0 aliphatic carbocycles. The minimum atomic E-state index is 1.06. The van der Waals surface area contributed by atoms with Crippen LogP contribution in [-0.4, -0.2) is 18.1 Å². The van der Waals surface area contributed by atoms with Crippen molar-refractivity contribution in [2.75, 3.05) is 18.0 Å². The third kappa shape index (κ3) is 4.72. The second-order valence-electron chi connectivity index (χ2n) is 5.13. The van der Waals surface area contributed by atoms with Crippen LogP contribution >= 0.6 is 0 Å². The van der Waals surface area contributed by atoms with Gasteiger partial charge in [-0.1, -0.05) is 19.9 Å². The van der Waals surface area contributed by atoms with Crippen molar-refractivity contribution in [2.24, 2.45) is 5.73 Å². The van der Waals surface area contributed by atoms with E-state index in [1.54, 1.807) is 6.20 Å². The van der Waals surface area contributed by atoms with Gasteiger partial charge >= 0.3 is 0 Å². The molecule has 0 aliphatic rings. The third-order valence-electron chi connectivity index (χ3n) is 3.22. The smallest absolute Gasteiger partial charge is 0.128 e. The summed E-state index contributed by atoms with van der Waals surface area (Å²) in [6.45, 7) is 10.6. The lowest BCUT2D eigenvalue weighted by Gasteiger charge is -2.22. The average molecular weight is 273 g/mol. The summed E-state index contributed by atoms with van der Waals surface area (Å²) < 4.78 is 0. The number of nitrogens with zero attached hydrogens (tertiary/aromatic N) is 2. The van der Waals surface area contributed by atoms with Gasteiger partial charge in [-0.15, -0.1) is 0 Å². The monoisotopic (exact) mass is 273 g/mol. The van der Waals surface area contributed by atoms with Gasteiger partial charge < -0.3 is 10.6 Å². The molecule has 0 spiro atoms. The predicted octanol–water partition coefficient (Wildman–Crippen LogP) is 3.97. The second kappa shape index (κ2) is 8.41. The van der Waals surface area contributed by atoms with Crippen LogP contribution in [0.3, 0.4) is 0 Å². The van der Waals surface area contributed by atoms with E-state index in [1.807, 2.05) is 13.1 Å². The molecule has 20 heavy (non-hydrogen) atoms. The van der Waals surface area contributed by atoms with Gasteiger partial charge in [-0.2, -0.15) is 0 Å². The number of allylic oxidation sites excluding steroid dienone is 3. The van der Waals surface area contributed by atoms with E-state index < -0.39 is 0 Å². The van der Waals surface area contributed by atoms with Crippen LogP contribution in [0.15, 0.2) is 36.2 Å². The Morgan fingerprint density at radius 1 is 1.20 bits per heavy atom. The maximum Gasteiger partial charge on any atom is 0.128 e. The van der Waals surface area contributed by atoms with Crippen LogP contribution in [0.5, 0.6) is 0 Å². The Morgan fingerprint density at radius 3 is 2.30 bits per heavy atom. The Labute approximate surface area is 123 Å². The number of hydrogen-bond acceptors (Lipinski definition) is 3. The molecule has 0 bridgehead atoms. The molecule has 3 heteroatoms. The van der Waals surface area contributed by atoms with Gasteiger partial charge in [0.2, 0.25) is 0 Å². The first kappa shape index (κ1) is 16.3. The molecule has 0 aliphatic heterocycles. The Kier molecular flexibility index (Phi) is 6.85. The molecule has 1 aromatic rings. The maximum absolute atomic E-state index is 5.50. The van der Waals surface area contributed by atoms with Crippen LogP contribution in [0.4, 0.5) is 5.82 Å². The van der Waals surface area contributed by atoms with E-state index in [2.05, 4.69) is 48.9 Å². The zero-order valence-electron chi connectivity index (χ0n) is 13.2. The van der Waals surface area contributed by atoms with E-state index in [0.717, 1.165) is 42.9 Å². The van der Waals surface area contributed by atoms with Crippen LogP contribution in [0, 0.1) is 0 Å². The molecule has 0 unspecified atom stereocenters. The third-order valence-corrected chi connectivity index (χ3v) is 3.22. The number of anilines is 1. The van der Waals surface area contributed by atoms with E-state index in [4.69, 9.17) is 5.73 Å². The summed E-state index contributed by atoms with van der Waals surface area (Å²) in [5.74, 6) is 1.07. The van der Waals surface area contributed by atoms with Crippen LogP contribution in [-0.2, 0) is 0 Å². The second-order valence-corrected chi connectivity index (χ2v) is 5.13. The molecule has 110 valence electrons. The molecule has 1 aromatic heterocycles. The zero-order chi connectivity index (χ0) is 15.0. The Hall–Kier alpha value is -1.77. The molecule has 1 rings (SSSR count). The first-order chi connectivity index (χ1) is 9.62. The van der Waals surface area contributed by atoms with Crippen LogP contribution in [0.1, 0.15) is 46.1 Å². The molecule has 0 saturated carbocycles. The van der Waals surface area contributed by atoms with Gasteiger partial charge in [0.05, 0.1) is 0 Å². The topological polar surface area (TPSA) is 42.1 Å². The van der Waals surface area contributed by atoms with Crippen molar-refractivity contribution in [1.82, 2.24) is 4.98 Å².